The summed E-state index contributed by atoms with van der Waals surface area (Å²) in [6, 6.07) is 38.0. The van der Waals surface area contributed by atoms with Crippen molar-refractivity contribution >= 4 is 29.2 Å². The van der Waals surface area contributed by atoms with Crippen LogP contribution in [-0.2, 0) is 7.05 Å². The lowest BCUT2D eigenvalue weighted by Crippen LogP contribution is -2.52. The fourth-order valence-corrected chi connectivity index (χ4v) is 7.43. The van der Waals surface area contributed by atoms with Crippen molar-refractivity contribution in [3.8, 4) is 22.4 Å². The Morgan fingerprint density at radius 3 is 1.97 bits per heavy atom. The van der Waals surface area contributed by atoms with Gasteiger partial charge in [-0.15, -0.1) is 0 Å². The Labute approximate surface area is 204 Å². The molecule has 1 heterocycles. The summed E-state index contributed by atoms with van der Waals surface area (Å²) in [6.45, 7) is 9.35. The number of fused-ring (bicyclic) bond motifs is 1. The van der Waals surface area contributed by atoms with E-state index in [0.29, 0.717) is 0 Å². The number of rotatable bonds is 4. The zero-order chi connectivity index (χ0) is 23.9. The van der Waals surface area contributed by atoms with Gasteiger partial charge in [0.2, 0.25) is 5.69 Å². The number of aryl methyl sites for hydroxylation is 2. The van der Waals surface area contributed by atoms with E-state index in [4.69, 9.17) is 0 Å². The van der Waals surface area contributed by atoms with E-state index in [1.54, 1.807) is 0 Å². The summed E-state index contributed by atoms with van der Waals surface area (Å²) in [5.74, 6) is 0. The van der Waals surface area contributed by atoms with Crippen LogP contribution in [0.2, 0.25) is 13.1 Å². The summed E-state index contributed by atoms with van der Waals surface area (Å²) < 4.78 is 2.34. The predicted molar refractivity (Wildman–Crippen MR) is 149 cm³/mol. The van der Waals surface area contributed by atoms with Crippen LogP contribution in [0.5, 0.6) is 0 Å². The third-order valence-electron chi connectivity index (χ3n) is 7.34. The maximum atomic E-state index is 2.45. The molecule has 34 heavy (non-hydrogen) atoms. The second-order valence-corrected chi connectivity index (χ2v) is 14.3. The summed E-state index contributed by atoms with van der Waals surface area (Å²) in [5.41, 5.74) is 7.67. The van der Waals surface area contributed by atoms with Crippen LogP contribution in [0.4, 0.5) is 0 Å². The van der Waals surface area contributed by atoms with Crippen LogP contribution in [0.15, 0.2) is 103 Å². The second kappa shape index (κ2) is 8.70. The summed E-state index contributed by atoms with van der Waals surface area (Å²) in [6.07, 6.45) is 0. The van der Waals surface area contributed by atoms with Gasteiger partial charge in [-0.25, -0.2) is 0 Å². The van der Waals surface area contributed by atoms with Crippen LogP contribution < -0.4 is 14.9 Å². The monoisotopic (exact) mass is 458 g/mol. The highest BCUT2D eigenvalue weighted by Crippen LogP contribution is 2.31. The van der Waals surface area contributed by atoms with Crippen LogP contribution >= 0.6 is 0 Å². The van der Waals surface area contributed by atoms with Crippen LogP contribution in [0.1, 0.15) is 11.3 Å². The Hall–Kier alpha value is -3.49. The van der Waals surface area contributed by atoms with Crippen molar-refractivity contribution in [3.05, 3.63) is 114 Å². The van der Waals surface area contributed by atoms with Gasteiger partial charge in [0.1, 0.15) is 15.1 Å². The van der Waals surface area contributed by atoms with E-state index in [0.717, 1.165) is 0 Å². The first-order valence-corrected chi connectivity index (χ1v) is 15.0. The number of nitrogens with zero attached hydrogens (tertiary/aromatic N) is 1. The van der Waals surface area contributed by atoms with Crippen LogP contribution in [-0.4, -0.2) is 8.07 Å². The molecule has 5 aromatic rings. The normalized spacial score (nSPS) is 11.7. The molecule has 2 heteroatoms. The van der Waals surface area contributed by atoms with E-state index < -0.39 is 8.07 Å². The van der Waals surface area contributed by atoms with E-state index in [-0.39, 0.29) is 0 Å². The minimum absolute atomic E-state index is 1.26. The topological polar surface area (TPSA) is 3.88 Å². The number of aromatic nitrogens is 1. The molecule has 0 bridgehead atoms. The average molecular weight is 459 g/mol. The predicted octanol–water partition coefficient (Wildman–Crippen LogP) is 6.44. The van der Waals surface area contributed by atoms with Gasteiger partial charge in [-0.3, -0.25) is 0 Å². The first-order chi connectivity index (χ1) is 16.4. The summed E-state index contributed by atoms with van der Waals surface area (Å²) >= 11 is 0. The molecule has 0 spiro atoms. The Morgan fingerprint density at radius 2 is 1.29 bits per heavy atom. The Morgan fingerprint density at radius 1 is 0.618 bits per heavy atom. The molecule has 0 aliphatic carbocycles. The van der Waals surface area contributed by atoms with Crippen molar-refractivity contribution in [1.82, 2.24) is 0 Å². The molecular formula is C32H32NSi+. The fraction of sp³-hybridized carbons (Fsp3) is 0.156. The Kier molecular flexibility index (Phi) is 5.71. The molecule has 0 unspecified atom stereocenters. The van der Waals surface area contributed by atoms with Gasteiger partial charge in [-0.2, -0.15) is 4.57 Å². The van der Waals surface area contributed by atoms with E-state index in [9.17, 15) is 0 Å². The van der Waals surface area contributed by atoms with Crippen molar-refractivity contribution in [1.29, 1.82) is 0 Å². The largest absolute Gasteiger partial charge is 0.220 e. The number of hydrogen-bond donors (Lipinski definition) is 0. The van der Waals surface area contributed by atoms with Gasteiger partial charge in [0, 0.05) is 18.6 Å². The number of hydrogen-bond acceptors (Lipinski definition) is 0. The van der Waals surface area contributed by atoms with Crippen LogP contribution in [0.25, 0.3) is 33.2 Å². The summed E-state index contributed by atoms with van der Waals surface area (Å²) in [5, 5.41) is 5.58. The van der Waals surface area contributed by atoms with Crippen molar-refractivity contribution in [2.24, 2.45) is 7.05 Å². The summed E-state index contributed by atoms with van der Waals surface area (Å²) in [7, 11) is 0.423. The third-order valence-corrected chi connectivity index (χ3v) is 10.9. The maximum absolute atomic E-state index is 2.45. The first-order valence-electron chi connectivity index (χ1n) is 12.0. The minimum Gasteiger partial charge on any atom is -0.198 e. The van der Waals surface area contributed by atoms with E-state index in [2.05, 4.69) is 142 Å². The molecule has 0 N–H and O–H groups in total. The van der Waals surface area contributed by atoms with Crippen LogP contribution in [0, 0.1) is 13.8 Å². The van der Waals surface area contributed by atoms with E-state index in [1.165, 1.54) is 54.8 Å². The Bertz CT molecular complexity index is 1480. The summed E-state index contributed by atoms with van der Waals surface area (Å²) in [4.78, 5) is 0. The zero-order valence-corrected chi connectivity index (χ0v) is 21.8. The quantitative estimate of drug-likeness (QED) is 0.216. The molecule has 168 valence electrons. The SMILES string of the molecule is Cc1cc(-c2ccccc2)ccc1-c1c2ccc([Si](C)(C)c3ccccc3)cc2cc(C)[n+]1C. The molecule has 0 fully saturated rings. The van der Waals surface area contributed by atoms with Crippen molar-refractivity contribution in [2.75, 3.05) is 0 Å². The van der Waals surface area contributed by atoms with Gasteiger partial charge in [0.05, 0.1) is 5.39 Å². The lowest BCUT2D eigenvalue weighted by molar-refractivity contribution is -0.665. The molecule has 0 amide bonds. The Balaban J connectivity index is 1.66. The molecule has 0 atom stereocenters. The van der Waals surface area contributed by atoms with Gasteiger partial charge in [0.15, 0.2) is 5.69 Å². The molecule has 1 nitrogen and oxygen atoms in total. The van der Waals surface area contributed by atoms with Gasteiger partial charge < -0.3 is 0 Å². The highest BCUT2D eigenvalue weighted by molar-refractivity contribution is 7.00. The molecular weight excluding hydrogens is 426 g/mol. The molecule has 5 rings (SSSR count). The molecule has 0 aliphatic heterocycles. The lowest BCUT2D eigenvalue weighted by Gasteiger charge is -2.24. The molecule has 0 aliphatic rings. The fourth-order valence-electron chi connectivity index (χ4n) is 5.05. The second-order valence-electron chi connectivity index (χ2n) is 9.88. The van der Waals surface area contributed by atoms with Crippen molar-refractivity contribution in [3.63, 3.8) is 0 Å². The van der Waals surface area contributed by atoms with Gasteiger partial charge in [-0.1, -0.05) is 108 Å². The highest BCUT2D eigenvalue weighted by atomic mass is 28.3. The third kappa shape index (κ3) is 3.89. The van der Waals surface area contributed by atoms with Gasteiger partial charge >= 0.3 is 0 Å². The van der Waals surface area contributed by atoms with Crippen molar-refractivity contribution < 1.29 is 4.57 Å². The highest BCUT2D eigenvalue weighted by Gasteiger charge is 2.27. The van der Waals surface area contributed by atoms with E-state index in [1.807, 2.05) is 0 Å². The molecule has 1 aromatic heterocycles. The minimum atomic E-state index is -1.76. The van der Waals surface area contributed by atoms with E-state index >= 15 is 0 Å². The standard InChI is InChI=1S/C32H32NSi/c1-23-20-26(25-12-8-6-9-13-25)16-18-30(23)32-31-19-17-29(22-27(31)21-24(2)33(32)3)34(4,5)28-14-10-7-11-15-28/h6-22H,1-5H3/q+1. The van der Waals surface area contributed by atoms with Crippen molar-refractivity contribution in [2.45, 2.75) is 26.9 Å². The van der Waals surface area contributed by atoms with Crippen LogP contribution in [0.3, 0.4) is 0 Å². The average Bonchev–Trinajstić information content (AvgIpc) is 2.86. The molecule has 0 saturated carbocycles. The number of pyridine rings is 1. The zero-order valence-electron chi connectivity index (χ0n) is 20.8. The first kappa shape index (κ1) is 22.3. The molecule has 0 radical (unpaired) electrons. The maximum Gasteiger partial charge on any atom is 0.220 e. The molecule has 4 aromatic carbocycles. The molecule has 0 saturated heterocycles. The smallest absolute Gasteiger partial charge is 0.198 e. The number of benzene rings is 4. The van der Waals surface area contributed by atoms with Gasteiger partial charge in [0.25, 0.3) is 0 Å². The van der Waals surface area contributed by atoms with Gasteiger partial charge in [-0.05, 0) is 41.1 Å². The lowest BCUT2D eigenvalue weighted by atomic mass is 9.95.